The molecule has 1 aliphatic carbocycles. The van der Waals surface area contributed by atoms with Crippen molar-refractivity contribution in [1.82, 2.24) is 15.3 Å². The van der Waals surface area contributed by atoms with Crippen LogP contribution in [0.3, 0.4) is 0 Å². The Hall–Kier alpha value is -1.00. The third-order valence-corrected chi connectivity index (χ3v) is 5.03. The molecule has 0 bridgehead atoms. The molecule has 102 valence electrons. The number of H-pyrrole nitrogens is 1. The summed E-state index contributed by atoms with van der Waals surface area (Å²) >= 11 is 1.85. The molecule has 19 heavy (non-hydrogen) atoms. The first-order chi connectivity index (χ1) is 9.36. The predicted octanol–water partition coefficient (Wildman–Crippen LogP) is 3.43. The molecule has 1 aromatic carbocycles. The lowest BCUT2D eigenvalue weighted by Crippen LogP contribution is -2.29. The van der Waals surface area contributed by atoms with E-state index in [2.05, 4.69) is 34.5 Å². The van der Waals surface area contributed by atoms with Gasteiger partial charge in [0.15, 0.2) is 5.16 Å². The average molecular weight is 275 g/mol. The van der Waals surface area contributed by atoms with Gasteiger partial charge < -0.3 is 10.3 Å². The third-order valence-electron chi connectivity index (χ3n) is 4.12. The number of hydrogen-bond acceptors (Lipinski definition) is 3. The summed E-state index contributed by atoms with van der Waals surface area (Å²) in [6.07, 6.45) is 5.39. The summed E-state index contributed by atoms with van der Waals surface area (Å²) in [4.78, 5) is 7.99. The number of rotatable bonds is 5. The lowest BCUT2D eigenvalue weighted by molar-refractivity contribution is 0.417. The Bertz CT molecular complexity index is 504. The molecular formula is C15H21N3S. The van der Waals surface area contributed by atoms with E-state index in [1.54, 1.807) is 0 Å². The van der Waals surface area contributed by atoms with Gasteiger partial charge in [0.25, 0.3) is 0 Å². The normalized spacial score (nSPS) is 23.2. The Morgan fingerprint density at radius 3 is 3.11 bits per heavy atom. The quantitative estimate of drug-likeness (QED) is 0.821. The number of nitrogens with one attached hydrogen (secondary N) is 2. The third kappa shape index (κ3) is 2.95. The first-order valence-electron chi connectivity index (χ1n) is 7.11. The van der Waals surface area contributed by atoms with Crippen LogP contribution in [0, 0.1) is 5.92 Å². The number of aromatic amines is 1. The van der Waals surface area contributed by atoms with Crippen LogP contribution in [-0.2, 0) is 0 Å². The van der Waals surface area contributed by atoms with Gasteiger partial charge in [0.05, 0.1) is 11.0 Å². The van der Waals surface area contributed by atoms with E-state index in [4.69, 9.17) is 0 Å². The van der Waals surface area contributed by atoms with Gasteiger partial charge in [0, 0.05) is 11.8 Å². The van der Waals surface area contributed by atoms with Crippen molar-refractivity contribution < 1.29 is 0 Å². The summed E-state index contributed by atoms with van der Waals surface area (Å²) < 4.78 is 0. The molecule has 2 atom stereocenters. The Balaban J connectivity index is 1.54. The molecule has 3 rings (SSSR count). The van der Waals surface area contributed by atoms with E-state index < -0.39 is 0 Å². The maximum Gasteiger partial charge on any atom is 0.166 e. The number of fused-ring (bicyclic) bond motifs is 1. The van der Waals surface area contributed by atoms with E-state index in [1.807, 2.05) is 23.9 Å². The van der Waals surface area contributed by atoms with E-state index in [-0.39, 0.29) is 0 Å². The standard InChI is InChI=1S/C15H21N3S/c1-16-12-8-4-5-11(12)9-10-19-15-17-13-6-2-3-7-14(13)18-15/h2-3,6-7,11-12,16H,4-5,8-10H2,1H3,(H,17,18). The highest BCUT2D eigenvalue weighted by Crippen LogP contribution is 2.30. The van der Waals surface area contributed by atoms with Gasteiger partial charge in [-0.05, 0) is 44.4 Å². The molecule has 0 saturated heterocycles. The Labute approximate surface area is 118 Å². The fourth-order valence-electron chi connectivity index (χ4n) is 3.07. The van der Waals surface area contributed by atoms with Gasteiger partial charge >= 0.3 is 0 Å². The second kappa shape index (κ2) is 5.97. The summed E-state index contributed by atoms with van der Waals surface area (Å²) in [6, 6.07) is 8.96. The largest absolute Gasteiger partial charge is 0.333 e. The zero-order valence-electron chi connectivity index (χ0n) is 11.4. The fourth-order valence-corrected chi connectivity index (χ4v) is 4.03. The van der Waals surface area contributed by atoms with Crippen LogP contribution in [0.15, 0.2) is 29.4 Å². The van der Waals surface area contributed by atoms with Crippen molar-refractivity contribution in [3.8, 4) is 0 Å². The highest BCUT2D eigenvalue weighted by molar-refractivity contribution is 7.99. The van der Waals surface area contributed by atoms with Crippen LogP contribution in [0.25, 0.3) is 11.0 Å². The Morgan fingerprint density at radius 2 is 2.26 bits per heavy atom. The maximum absolute atomic E-state index is 4.61. The van der Waals surface area contributed by atoms with Gasteiger partial charge in [-0.25, -0.2) is 4.98 Å². The second-order valence-electron chi connectivity index (χ2n) is 5.28. The van der Waals surface area contributed by atoms with Crippen molar-refractivity contribution in [2.75, 3.05) is 12.8 Å². The number of hydrogen-bond donors (Lipinski definition) is 2. The predicted molar refractivity (Wildman–Crippen MR) is 81.6 cm³/mol. The van der Waals surface area contributed by atoms with Crippen LogP contribution in [-0.4, -0.2) is 28.8 Å². The van der Waals surface area contributed by atoms with Crippen LogP contribution < -0.4 is 5.32 Å². The van der Waals surface area contributed by atoms with Gasteiger partial charge in [-0.2, -0.15) is 0 Å². The molecule has 0 spiro atoms. The smallest absolute Gasteiger partial charge is 0.166 e. The SMILES string of the molecule is CNC1CCCC1CCSc1nc2ccccc2[nH]1. The zero-order chi connectivity index (χ0) is 13.1. The average Bonchev–Trinajstić information content (AvgIpc) is 3.04. The van der Waals surface area contributed by atoms with Gasteiger partial charge in [-0.3, -0.25) is 0 Å². The fraction of sp³-hybridized carbons (Fsp3) is 0.533. The number of nitrogens with zero attached hydrogens (tertiary/aromatic N) is 1. The van der Waals surface area contributed by atoms with Crippen molar-refractivity contribution >= 4 is 22.8 Å². The Kier molecular flexibility index (Phi) is 4.09. The van der Waals surface area contributed by atoms with Gasteiger partial charge in [0.1, 0.15) is 0 Å². The molecule has 0 radical (unpaired) electrons. The minimum absolute atomic E-state index is 0.733. The summed E-state index contributed by atoms with van der Waals surface area (Å²) in [5.41, 5.74) is 2.21. The number of imidazole rings is 1. The molecule has 1 aliphatic rings. The molecule has 0 aliphatic heterocycles. The monoisotopic (exact) mass is 275 g/mol. The molecule has 0 amide bonds. The minimum Gasteiger partial charge on any atom is -0.333 e. The van der Waals surface area contributed by atoms with E-state index in [9.17, 15) is 0 Å². The summed E-state index contributed by atoms with van der Waals surface area (Å²) in [6.45, 7) is 0. The highest BCUT2D eigenvalue weighted by Gasteiger charge is 2.25. The van der Waals surface area contributed by atoms with Crippen LogP contribution >= 0.6 is 11.8 Å². The molecule has 2 unspecified atom stereocenters. The lowest BCUT2D eigenvalue weighted by Gasteiger charge is -2.18. The number of para-hydroxylation sites is 2. The number of aromatic nitrogens is 2. The van der Waals surface area contributed by atoms with Crippen LogP contribution in [0.2, 0.25) is 0 Å². The Morgan fingerprint density at radius 1 is 1.37 bits per heavy atom. The zero-order valence-corrected chi connectivity index (χ0v) is 12.2. The maximum atomic E-state index is 4.61. The van der Waals surface area contributed by atoms with Crippen molar-refractivity contribution in [2.45, 2.75) is 36.9 Å². The molecule has 1 aromatic heterocycles. The van der Waals surface area contributed by atoms with Crippen LogP contribution in [0.1, 0.15) is 25.7 Å². The molecule has 1 heterocycles. The molecule has 3 nitrogen and oxygen atoms in total. The molecule has 2 aromatic rings. The summed E-state index contributed by atoms with van der Waals surface area (Å²) in [5, 5.41) is 4.51. The van der Waals surface area contributed by atoms with E-state index in [0.29, 0.717) is 0 Å². The number of thioether (sulfide) groups is 1. The van der Waals surface area contributed by atoms with Crippen molar-refractivity contribution in [3.05, 3.63) is 24.3 Å². The molecule has 2 N–H and O–H groups in total. The second-order valence-corrected chi connectivity index (χ2v) is 6.37. The molecular weight excluding hydrogens is 254 g/mol. The van der Waals surface area contributed by atoms with Crippen LogP contribution in [0.4, 0.5) is 0 Å². The van der Waals surface area contributed by atoms with E-state index in [0.717, 1.165) is 33.9 Å². The molecule has 1 fully saturated rings. The highest BCUT2D eigenvalue weighted by atomic mass is 32.2. The summed E-state index contributed by atoms with van der Waals surface area (Å²) in [5.74, 6) is 2.00. The van der Waals surface area contributed by atoms with E-state index in [1.165, 1.54) is 25.7 Å². The molecule has 4 heteroatoms. The lowest BCUT2D eigenvalue weighted by atomic mass is 10.0. The van der Waals surface area contributed by atoms with Gasteiger partial charge in [-0.15, -0.1) is 0 Å². The first-order valence-corrected chi connectivity index (χ1v) is 8.10. The molecule has 1 saturated carbocycles. The van der Waals surface area contributed by atoms with Crippen molar-refractivity contribution in [2.24, 2.45) is 5.92 Å². The van der Waals surface area contributed by atoms with Crippen molar-refractivity contribution in [1.29, 1.82) is 0 Å². The van der Waals surface area contributed by atoms with Gasteiger partial charge in [-0.1, -0.05) is 30.3 Å². The minimum atomic E-state index is 0.733. The van der Waals surface area contributed by atoms with Crippen LogP contribution in [0.5, 0.6) is 0 Å². The summed E-state index contributed by atoms with van der Waals surface area (Å²) in [7, 11) is 2.09. The topological polar surface area (TPSA) is 40.7 Å². The van der Waals surface area contributed by atoms with E-state index >= 15 is 0 Å². The van der Waals surface area contributed by atoms with Gasteiger partial charge in [0.2, 0.25) is 0 Å². The van der Waals surface area contributed by atoms with Crippen molar-refractivity contribution in [3.63, 3.8) is 0 Å². The first kappa shape index (κ1) is 13.0. The number of benzene rings is 1.